The molecule has 4 heteroatoms. The Balaban J connectivity index is 2.04. The van der Waals surface area contributed by atoms with E-state index in [9.17, 15) is 5.26 Å². The van der Waals surface area contributed by atoms with Crippen molar-refractivity contribution in [1.82, 2.24) is 9.78 Å². The zero-order valence-corrected chi connectivity index (χ0v) is 11.5. The SMILES string of the molecule is Cc1nn(CCC2CCCC2(N)C#N)c(C)c1C. The number of nitrogens with zero attached hydrogens (tertiary/aromatic N) is 3. The van der Waals surface area contributed by atoms with Crippen molar-refractivity contribution in [3.63, 3.8) is 0 Å². The van der Waals surface area contributed by atoms with Gasteiger partial charge in [0.1, 0.15) is 5.54 Å². The number of aryl methyl sites for hydroxylation is 2. The molecular weight excluding hydrogens is 224 g/mol. The number of hydrogen-bond acceptors (Lipinski definition) is 3. The molecule has 1 aliphatic carbocycles. The Morgan fingerprint density at radius 2 is 2.22 bits per heavy atom. The van der Waals surface area contributed by atoms with Crippen LogP contribution in [-0.4, -0.2) is 15.3 Å². The molecule has 2 N–H and O–H groups in total. The molecule has 0 amide bonds. The highest BCUT2D eigenvalue weighted by Crippen LogP contribution is 2.35. The smallest absolute Gasteiger partial charge is 0.107 e. The van der Waals surface area contributed by atoms with E-state index in [2.05, 4.69) is 29.7 Å². The van der Waals surface area contributed by atoms with Gasteiger partial charge in [-0.3, -0.25) is 4.68 Å². The van der Waals surface area contributed by atoms with Crippen LogP contribution in [0.3, 0.4) is 0 Å². The fraction of sp³-hybridized carbons (Fsp3) is 0.714. The lowest BCUT2D eigenvalue weighted by atomic mass is 9.87. The number of nitriles is 1. The summed E-state index contributed by atoms with van der Waals surface area (Å²) in [6, 6.07) is 2.31. The summed E-state index contributed by atoms with van der Waals surface area (Å²) in [7, 11) is 0. The van der Waals surface area contributed by atoms with Crippen molar-refractivity contribution in [3.8, 4) is 6.07 Å². The highest BCUT2D eigenvalue weighted by molar-refractivity contribution is 5.22. The van der Waals surface area contributed by atoms with Crippen molar-refractivity contribution in [2.75, 3.05) is 0 Å². The second-order valence-electron chi connectivity index (χ2n) is 5.55. The van der Waals surface area contributed by atoms with Crippen LogP contribution in [-0.2, 0) is 6.54 Å². The molecule has 2 atom stereocenters. The Kier molecular flexibility index (Phi) is 3.45. The van der Waals surface area contributed by atoms with E-state index in [1.54, 1.807) is 0 Å². The molecule has 0 aliphatic heterocycles. The maximum Gasteiger partial charge on any atom is 0.107 e. The van der Waals surface area contributed by atoms with Crippen LogP contribution in [0.4, 0.5) is 0 Å². The van der Waals surface area contributed by atoms with Crippen LogP contribution in [0.2, 0.25) is 0 Å². The third-order valence-electron chi connectivity index (χ3n) is 4.51. The van der Waals surface area contributed by atoms with E-state index in [4.69, 9.17) is 5.73 Å². The van der Waals surface area contributed by atoms with E-state index in [1.165, 1.54) is 11.3 Å². The van der Waals surface area contributed by atoms with Gasteiger partial charge >= 0.3 is 0 Å². The standard InChI is InChI=1S/C14H22N4/c1-10-11(2)17-18(12(10)3)8-6-13-5-4-7-14(13,16)9-15/h13H,4-8,16H2,1-3H3. The summed E-state index contributed by atoms with van der Waals surface area (Å²) in [4.78, 5) is 0. The average Bonchev–Trinajstić information content (AvgIpc) is 2.84. The van der Waals surface area contributed by atoms with E-state index in [0.29, 0.717) is 5.92 Å². The predicted octanol–water partition coefficient (Wildman–Crippen LogP) is 2.22. The van der Waals surface area contributed by atoms with E-state index in [0.717, 1.165) is 37.9 Å². The van der Waals surface area contributed by atoms with Gasteiger partial charge in [-0.05, 0) is 51.5 Å². The van der Waals surface area contributed by atoms with Crippen molar-refractivity contribution in [1.29, 1.82) is 5.26 Å². The first-order valence-corrected chi connectivity index (χ1v) is 6.68. The van der Waals surface area contributed by atoms with Crippen LogP contribution in [0.25, 0.3) is 0 Å². The lowest BCUT2D eigenvalue weighted by Crippen LogP contribution is -2.42. The summed E-state index contributed by atoms with van der Waals surface area (Å²) < 4.78 is 2.06. The van der Waals surface area contributed by atoms with Gasteiger partial charge in [-0.15, -0.1) is 0 Å². The van der Waals surface area contributed by atoms with E-state index in [1.807, 2.05) is 6.92 Å². The van der Waals surface area contributed by atoms with Gasteiger partial charge in [0.25, 0.3) is 0 Å². The van der Waals surface area contributed by atoms with Gasteiger partial charge in [-0.2, -0.15) is 10.4 Å². The van der Waals surface area contributed by atoms with Gasteiger partial charge in [0.05, 0.1) is 11.8 Å². The molecule has 1 saturated carbocycles. The molecule has 18 heavy (non-hydrogen) atoms. The minimum atomic E-state index is -0.606. The number of hydrogen-bond donors (Lipinski definition) is 1. The topological polar surface area (TPSA) is 67.6 Å². The van der Waals surface area contributed by atoms with Crippen LogP contribution in [0.5, 0.6) is 0 Å². The molecule has 1 heterocycles. The molecule has 2 unspecified atom stereocenters. The molecule has 4 nitrogen and oxygen atoms in total. The average molecular weight is 246 g/mol. The monoisotopic (exact) mass is 246 g/mol. The van der Waals surface area contributed by atoms with Crippen molar-refractivity contribution >= 4 is 0 Å². The second kappa shape index (κ2) is 4.74. The first-order valence-electron chi connectivity index (χ1n) is 6.68. The fourth-order valence-corrected chi connectivity index (χ4v) is 2.93. The molecule has 1 aliphatic rings. The van der Waals surface area contributed by atoms with Gasteiger partial charge in [0.2, 0.25) is 0 Å². The van der Waals surface area contributed by atoms with Crippen LogP contribution in [0.1, 0.15) is 42.6 Å². The molecule has 0 spiro atoms. The lowest BCUT2D eigenvalue weighted by molar-refractivity contribution is 0.344. The van der Waals surface area contributed by atoms with E-state index >= 15 is 0 Å². The molecule has 1 aromatic rings. The van der Waals surface area contributed by atoms with Crippen LogP contribution < -0.4 is 5.73 Å². The first kappa shape index (κ1) is 13.1. The fourth-order valence-electron chi connectivity index (χ4n) is 2.93. The molecule has 1 aromatic heterocycles. The summed E-state index contributed by atoms with van der Waals surface area (Å²) in [6.07, 6.45) is 3.93. The van der Waals surface area contributed by atoms with Gasteiger partial charge in [-0.25, -0.2) is 0 Å². The zero-order chi connectivity index (χ0) is 13.3. The van der Waals surface area contributed by atoms with E-state index in [-0.39, 0.29) is 0 Å². The van der Waals surface area contributed by atoms with Gasteiger partial charge in [0, 0.05) is 12.2 Å². The number of aromatic nitrogens is 2. The number of rotatable bonds is 3. The maximum atomic E-state index is 9.20. The molecule has 0 saturated heterocycles. The van der Waals surface area contributed by atoms with Crippen molar-refractivity contribution < 1.29 is 0 Å². The van der Waals surface area contributed by atoms with Gasteiger partial charge in [0.15, 0.2) is 0 Å². The predicted molar refractivity (Wildman–Crippen MR) is 70.9 cm³/mol. The Morgan fingerprint density at radius 3 is 2.78 bits per heavy atom. The summed E-state index contributed by atoms with van der Waals surface area (Å²) >= 11 is 0. The Labute approximate surface area is 109 Å². The third kappa shape index (κ3) is 2.15. The quantitative estimate of drug-likeness (QED) is 0.889. The maximum absolute atomic E-state index is 9.20. The minimum Gasteiger partial charge on any atom is -0.313 e. The molecule has 2 rings (SSSR count). The van der Waals surface area contributed by atoms with Gasteiger partial charge < -0.3 is 5.73 Å². The van der Waals surface area contributed by atoms with Crippen molar-refractivity contribution in [2.45, 2.75) is 58.5 Å². The van der Waals surface area contributed by atoms with Crippen LogP contribution >= 0.6 is 0 Å². The molecule has 0 bridgehead atoms. The minimum absolute atomic E-state index is 0.312. The first-order chi connectivity index (χ1) is 8.48. The summed E-state index contributed by atoms with van der Waals surface area (Å²) in [6.45, 7) is 7.11. The van der Waals surface area contributed by atoms with E-state index < -0.39 is 5.54 Å². The highest BCUT2D eigenvalue weighted by atomic mass is 15.3. The highest BCUT2D eigenvalue weighted by Gasteiger charge is 2.39. The molecule has 0 radical (unpaired) electrons. The molecule has 98 valence electrons. The normalized spacial score (nSPS) is 27.4. The Bertz CT molecular complexity index is 483. The molecule has 1 fully saturated rings. The Morgan fingerprint density at radius 1 is 1.50 bits per heavy atom. The lowest BCUT2D eigenvalue weighted by Gasteiger charge is -2.23. The zero-order valence-electron chi connectivity index (χ0n) is 11.5. The number of nitrogens with two attached hydrogens (primary N) is 1. The van der Waals surface area contributed by atoms with Crippen molar-refractivity contribution in [3.05, 3.63) is 17.0 Å². The summed E-state index contributed by atoms with van der Waals surface area (Å²) in [5.41, 5.74) is 9.13. The molecular formula is C14H22N4. The van der Waals surface area contributed by atoms with Crippen LogP contribution in [0.15, 0.2) is 0 Å². The third-order valence-corrected chi connectivity index (χ3v) is 4.51. The van der Waals surface area contributed by atoms with Crippen molar-refractivity contribution in [2.24, 2.45) is 11.7 Å². The Hall–Kier alpha value is -1.34. The molecule has 0 aromatic carbocycles. The van der Waals surface area contributed by atoms with Gasteiger partial charge in [-0.1, -0.05) is 6.42 Å². The second-order valence-corrected chi connectivity index (χ2v) is 5.55. The summed E-state index contributed by atoms with van der Waals surface area (Å²) in [5, 5.41) is 13.7. The summed E-state index contributed by atoms with van der Waals surface area (Å²) in [5.74, 6) is 0.312. The largest absolute Gasteiger partial charge is 0.313 e. The van der Waals surface area contributed by atoms with Crippen LogP contribution in [0, 0.1) is 38.0 Å².